The van der Waals surface area contributed by atoms with Gasteiger partial charge in [0.1, 0.15) is 5.75 Å². The molecular weight excluding hydrogens is 368 g/mol. The lowest BCUT2D eigenvalue weighted by atomic mass is 10.2. The average Bonchev–Trinajstić information content (AvgIpc) is 2.60. The molecule has 3 amide bonds. The summed E-state index contributed by atoms with van der Waals surface area (Å²) < 4.78 is 5.49. The highest BCUT2D eigenvalue weighted by atomic mass is 35.5. The van der Waals surface area contributed by atoms with Gasteiger partial charge in [-0.3, -0.25) is 4.79 Å². The number of halogens is 1. The van der Waals surface area contributed by atoms with Crippen LogP contribution in [-0.4, -0.2) is 50.6 Å². The van der Waals surface area contributed by atoms with Gasteiger partial charge in [-0.1, -0.05) is 17.7 Å². The number of hydrogen-bond donors (Lipinski definition) is 2. The maximum Gasteiger partial charge on any atom is 0.323 e. The molecular formula is C19H21ClN4O3. The fourth-order valence-electron chi connectivity index (χ4n) is 2.68. The van der Waals surface area contributed by atoms with Crippen molar-refractivity contribution in [2.75, 3.05) is 49.3 Å². The molecule has 1 aliphatic heterocycles. The van der Waals surface area contributed by atoms with Gasteiger partial charge in [-0.2, -0.15) is 0 Å². The molecule has 0 aromatic heterocycles. The van der Waals surface area contributed by atoms with E-state index in [1.165, 1.54) is 0 Å². The van der Waals surface area contributed by atoms with Gasteiger partial charge >= 0.3 is 6.03 Å². The number of nitrogens with zero attached hydrogens (tertiary/aromatic N) is 2. The van der Waals surface area contributed by atoms with Crippen LogP contribution in [0.4, 0.5) is 21.9 Å². The number of anilines is 3. The van der Waals surface area contributed by atoms with Gasteiger partial charge in [0.15, 0.2) is 6.61 Å². The lowest BCUT2D eigenvalue weighted by Crippen LogP contribution is -2.42. The molecule has 2 aromatic carbocycles. The first-order valence-corrected chi connectivity index (χ1v) is 8.86. The Balaban J connectivity index is 1.74. The average molecular weight is 389 g/mol. The van der Waals surface area contributed by atoms with Crippen LogP contribution in [0.1, 0.15) is 0 Å². The van der Waals surface area contributed by atoms with E-state index in [0.29, 0.717) is 34.4 Å². The van der Waals surface area contributed by atoms with Gasteiger partial charge in [0, 0.05) is 29.5 Å². The highest BCUT2D eigenvalue weighted by Crippen LogP contribution is 2.34. The van der Waals surface area contributed by atoms with Crippen LogP contribution in [0.2, 0.25) is 5.02 Å². The van der Waals surface area contributed by atoms with Crippen LogP contribution in [0, 0.1) is 0 Å². The summed E-state index contributed by atoms with van der Waals surface area (Å²) >= 11 is 5.92. The summed E-state index contributed by atoms with van der Waals surface area (Å²) in [5, 5.41) is 6.02. The molecule has 2 aromatic rings. The van der Waals surface area contributed by atoms with E-state index >= 15 is 0 Å². The minimum absolute atomic E-state index is 0.0163. The number of fused-ring (bicyclic) bond motifs is 1. The minimum atomic E-state index is -0.403. The maximum atomic E-state index is 12.2. The van der Waals surface area contributed by atoms with Gasteiger partial charge in [0.05, 0.1) is 5.69 Å². The zero-order valence-electron chi connectivity index (χ0n) is 15.2. The van der Waals surface area contributed by atoms with Crippen molar-refractivity contribution >= 4 is 40.6 Å². The van der Waals surface area contributed by atoms with Crippen LogP contribution in [0.15, 0.2) is 42.5 Å². The summed E-state index contributed by atoms with van der Waals surface area (Å²) in [7, 11) is 3.90. The van der Waals surface area contributed by atoms with Gasteiger partial charge in [-0.05, 0) is 50.5 Å². The van der Waals surface area contributed by atoms with Gasteiger partial charge < -0.3 is 25.2 Å². The quantitative estimate of drug-likeness (QED) is 0.824. The molecule has 3 rings (SSSR count). The van der Waals surface area contributed by atoms with Crippen LogP contribution in [0.3, 0.4) is 0 Å². The second kappa shape index (κ2) is 8.28. The number of amides is 3. The Morgan fingerprint density at radius 3 is 2.63 bits per heavy atom. The highest BCUT2D eigenvalue weighted by Gasteiger charge is 2.25. The number of carbonyl (C=O) groups excluding carboxylic acids is 2. The Hall–Kier alpha value is -2.77. The molecule has 0 aliphatic carbocycles. The molecule has 142 valence electrons. The third-order valence-corrected chi connectivity index (χ3v) is 4.25. The summed E-state index contributed by atoms with van der Waals surface area (Å²) in [4.78, 5) is 28.2. The lowest BCUT2D eigenvalue weighted by molar-refractivity contribution is -0.121. The molecule has 0 fully saturated rings. The number of rotatable bonds is 5. The van der Waals surface area contributed by atoms with E-state index in [0.717, 1.165) is 6.54 Å². The summed E-state index contributed by atoms with van der Waals surface area (Å²) in [6.07, 6.45) is 0. The summed E-state index contributed by atoms with van der Waals surface area (Å²) in [5.41, 5.74) is 1.79. The largest absolute Gasteiger partial charge is 0.482 e. The molecule has 0 unspecified atom stereocenters. The number of urea groups is 1. The molecule has 0 spiro atoms. The van der Waals surface area contributed by atoms with Crippen LogP contribution in [-0.2, 0) is 4.79 Å². The van der Waals surface area contributed by atoms with Gasteiger partial charge in [-0.25, -0.2) is 4.79 Å². The van der Waals surface area contributed by atoms with E-state index in [2.05, 4.69) is 10.6 Å². The van der Waals surface area contributed by atoms with E-state index in [4.69, 9.17) is 16.3 Å². The van der Waals surface area contributed by atoms with Crippen LogP contribution >= 0.6 is 11.6 Å². The Labute approximate surface area is 162 Å². The Kier molecular flexibility index (Phi) is 5.83. The number of carbonyl (C=O) groups is 2. The first-order chi connectivity index (χ1) is 12.9. The standard InChI is InChI=1S/C19H21ClN4O3/c1-23(2)8-9-24-16-11-15(6-7-17(16)27-12-18(24)25)22-19(26)21-14-5-3-4-13(20)10-14/h3-7,10-11H,8-9,12H2,1-2H3,(H2,21,22,26). The van der Waals surface area contributed by atoms with Crippen LogP contribution < -0.4 is 20.3 Å². The van der Waals surface area contributed by atoms with Crippen LogP contribution in [0.25, 0.3) is 0 Å². The molecule has 7 nitrogen and oxygen atoms in total. The normalized spacial score (nSPS) is 13.2. The fourth-order valence-corrected chi connectivity index (χ4v) is 2.87. The summed E-state index contributed by atoms with van der Waals surface area (Å²) in [6.45, 7) is 1.28. The van der Waals surface area contributed by atoms with Crippen molar-refractivity contribution in [3.8, 4) is 5.75 Å². The van der Waals surface area contributed by atoms with E-state index in [1.54, 1.807) is 47.4 Å². The second-order valence-electron chi connectivity index (χ2n) is 6.41. The predicted molar refractivity (Wildman–Crippen MR) is 107 cm³/mol. The molecule has 0 saturated carbocycles. The fraction of sp³-hybridized carbons (Fsp3) is 0.263. The van der Waals surface area contributed by atoms with Gasteiger partial charge in [0.2, 0.25) is 0 Å². The van der Waals surface area contributed by atoms with E-state index < -0.39 is 6.03 Å². The first kappa shape index (κ1) is 19.0. The van der Waals surface area contributed by atoms with Crippen molar-refractivity contribution < 1.29 is 14.3 Å². The first-order valence-electron chi connectivity index (χ1n) is 8.48. The van der Waals surface area contributed by atoms with Crippen molar-refractivity contribution in [3.05, 3.63) is 47.5 Å². The smallest absolute Gasteiger partial charge is 0.323 e. The van der Waals surface area contributed by atoms with Crippen molar-refractivity contribution in [1.82, 2.24) is 4.90 Å². The lowest BCUT2D eigenvalue weighted by Gasteiger charge is -2.30. The number of hydrogen-bond acceptors (Lipinski definition) is 4. The molecule has 0 atom stereocenters. The molecule has 0 bridgehead atoms. The Morgan fingerprint density at radius 1 is 1.19 bits per heavy atom. The molecule has 0 radical (unpaired) electrons. The van der Waals surface area contributed by atoms with E-state index in [-0.39, 0.29) is 12.5 Å². The molecule has 27 heavy (non-hydrogen) atoms. The monoisotopic (exact) mass is 388 g/mol. The zero-order valence-corrected chi connectivity index (χ0v) is 15.9. The molecule has 1 heterocycles. The molecule has 2 N–H and O–H groups in total. The second-order valence-corrected chi connectivity index (χ2v) is 6.85. The number of nitrogens with one attached hydrogen (secondary N) is 2. The van der Waals surface area contributed by atoms with Crippen molar-refractivity contribution in [3.63, 3.8) is 0 Å². The highest BCUT2D eigenvalue weighted by molar-refractivity contribution is 6.30. The topological polar surface area (TPSA) is 73.9 Å². The Bertz CT molecular complexity index is 857. The molecule has 1 aliphatic rings. The van der Waals surface area contributed by atoms with Crippen LogP contribution in [0.5, 0.6) is 5.75 Å². The predicted octanol–water partition coefficient (Wildman–Crippen LogP) is 3.27. The third-order valence-electron chi connectivity index (χ3n) is 4.01. The van der Waals surface area contributed by atoms with Gasteiger partial charge in [-0.15, -0.1) is 0 Å². The van der Waals surface area contributed by atoms with Crippen molar-refractivity contribution in [1.29, 1.82) is 0 Å². The number of ether oxygens (including phenoxy) is 1. The van der Waals surface area contributed by atoms with E-state index in [9.17, 15) is 9.59 Å². The van der Waals surface area contributed by atoms with Crippen molar-refractivity contribution in [2.45, 2.75) is 0 Å². The summed E-state index contributed by atoms with van der Waals surface area (Å²) in [5.74, 6) is 0.513. The summed E-state index contributed by atoms with van der Waals surface area (Å²) in [6, 6.07) is 11.7. The number of likely N-dealkylation sites (N-methyl/N-ethyl adjacent to an activating group) is 1. The Morgan fingerprint density at radius 2 is 1.93 bits per heavy atom. The third kappa shape index (κ3) is 4.90. The minimum Gasteiger partial charge on any atom is -0.482 e. The van der Waals surface area contributed by atoms with Gasteiger partial charge in [0.25, 0.3) is 5.91 Å². The SMILES string of the molecule is CN(C)CCN1C(=O)COc2ccc(NC(=O)Nc3cccc(Cl)c3)cc21. The van der Waals surface area contributed by atoms with E-state index in [1.807, 2.05) is 19.0 Å². The maximum absolute atomic E-state index is 12.2. The molecule has 0 saturated heterocycles. The zero-order chi connectivity index (χ0) is 19.4. The molecule has 8 heteroatoms. The number of benzene rings is 2. The van der Waals surface area contributed by atoms with Crippen molar-refractivity contribution in [2.24, 2.45) is 0 Å².